The SMILES string of the molecule is CC1CCC(C)N(CCCCCN)C1. The molecule has 1 aliphatic heterocycles. The monoisotopic (exact) mass is 198 g/mol. The maximum atomic E-state index is 5.48. The van der Waals surface area contributed by atoms with Gasteiger partial charge in [-0.15, -0.1) is 0 Å². The van der Waals surface area contributed by atoms with E-state index in [2.05, 4.69) is 18.7 Å². The Morgan fingerprint density at radius 1 is 1.14 bits per heavy atom. The summed E-state index contributed by atoms with van der Waals surface area (Å²) in [6.07, 6.45) is 6.62. The van der Waals surface area contributed by atoms with E-state index in [9.17, 15) is 0 Å². The zero-order valence-corrected chi connectivity index (χ0v) is 9.84. The molecule has 14 heavy (non-hydrogen) atoms. The average Bonchev–Trinajstić information content (AvgIpc) is 2.18. The van der Waals surface area contributed by atoms with Gasteiger partial charge in [0.25, 0.3) is 0 Å². The van der Waals surface area contributed by atoms with Gasteiger partial charge in [0.05, 0.1) is 0 Å². The summed E-state index contributed by atoms with van der Waals surface area (Å²) >= 11 is 0. The molecule has 0 amide bonds. The van der Waals surface area contributed by atoms with Gasteiger partial charge in [-0.05, 0) is 51.6 Å². The Hall–Kier alpha value is -0.0800. The number of nitrogens with zero attached hydrogens (tertiary/aromatic N) is 1. The Morgan fingerprint density at radius 2 is 1.93 bits per heavy atom. The molecule has 1 rings (SSSR count). The van der Waals surface area contributed by atoms with Crippen molar-refractivity contribution in [1.29, 1.82) is 0 Å². The lowest BCUT2D eigenvalue weighted by Crippen LogP contribution is -2.41. The average molecular weight is 198 g/mol. The van der Waals surface area contributed by atoms with Gasteiger partial charge in [-0.2, -0.15) is 0 Å². The van der Waals surface area contributed by atoms with Crippen molar-refractivity contribution in [3.63, 3.8) is 0 Å². The van der Waals surface area contributed by atoms with Crippen LogP contribution in [0.1, 0.15) is 46.0 Å². The van der Waals surface area contributed by atoms with E-state index in [4.69, 9.17) is 5.73 Å². The van der Waals surface area contributed by atoms with Gasteiger partial charge in [0.1, 0.15) is 0 Å². The Kier molecular flexibility index (Phi) is 5.49. The molecular formula is C12H26N2. The zero-order chi connectivity index (χ0) is 10.4. The molecule has 0 aliphatic carbocycles. The van der Waals surface area contributed by atoms with Crippen LogP contribution in [0.15, 0.2) is 0 Å². The lowest BCUT2D eigenvalue weighted by atomic mass is 9.95. The lowest BCUT2D eigenvalue weighted by Gasteiger charge is -2.36. The molecule has 1 fully saturated rings. The number of hydrogen-bond donors (Lipinski definition) is 1. The van der Waals surface area contributed by atoms with Gasteiger partial charge in [-0.3, -0.25) is 0 Å². The van der Waals surface area contributed by atoms with Crippen molar-refractivity contribution in [3.8, 4) is 0 Å². The molecule has 0 saturated carbocycles. The first-order valence-electron chi connectivity index (χ1n) is 6.18. The number of rotatable bonds is 5. The molecule has 0 aromatic heterocycles. The maximum absolute atomic E-state index is 5.48. The van der Waals surface area contributed by atoms with Gasteiger partial charge in [-0.25, -0.2) is 0 Å². The molecule has 2 nitrogen and oxygen atoms in total. The van der Waals surface area contributed by atoms with Crippen molar-refractivity contribution in [1.82, 2.24) is 4.90 Å². The highest BCUT2D eigenvalue weighted by atomic mass is 15.2. The molecule has 2 unspecified atom stereocenters. The van der Waals surface area contributed by atoms with E-state index in [1.807, 2.05) is 0 Å². The third kappa shape index (κ3) is 3.97. The van der Waals surface area contributed by atoms with Gasteiger partial charge in [0, 0.05) is 12.6 Å². The molecule has 84 valence electrons. The minimum atomic E-state index is 0.809. The summed E-state index contributed by atoms with van der Waals surface area (Å²) in [7, 11) is 0. The van der Waals surface area contributed by atoms with Crippen LogP contribution in [0, 0.1) is 5.92 Å². The summed E-state index contributed by atoms with van der Waals surface area (Å²) in [5, 5.41) is 0. The van der Waals surface area contributed by atoms with E-state index in [1.54, 1.807) is 0 Å². The fraction of sp³-hybridized carbons (Fsp3) is 1.00. The number of nitrogens with two attached hydrogens (primary N) is 1. The molecule has 2 heteroatoms. The van der Waals surface area contributed by atoms with Gasteiger partial charge in [0.2, 0.25) is 0 Å². The molecule has 0 radical (unpaired) electrons. The first-order chi connectivity index (χ1) is 6.74. The summed E-state index contributed by atoms with van der Waals surface area (Å²) < 4.78 is 0. The normalized spacial score (nSPS) is 29.4. The zero-order valence-electron chi connectivity index (χ0n) is 9.84. The van der Waals surface area contributed by atoms with E-state index in [0.29, 0.717) is 0 Å². The van der Waals surface area contributed by atoms with Crippen LogP contribution < -0.4 is 5.73 Å². The van der Waals surface area contributed by atoms with Crippen LogP contribution in [-0.4, -0.2) is 30.6 Å². The topological polar surface area (TPSA) is 29.3 Å². The molecule has 1 saturated heterocycles. The second-order valence-electron chi connectivity index (χ2n) is 4.88. The molecule has 0 spiro atoms. The summed E-state index contributed by atoms with van der Waals surface area (Å²) in [5.41, 5.74) is 5.48. The van der Waals surface area contributed by atoms with Crippen LogP contribution in [0.25, 0.3) is 0 Å². The van der Waals surface area contributed by atoms with Crippen LogP contribution in [0.2, 0.25) is 0 Å². The second kappa shape index (κ2) is 6.41. The highest BCUT2D eigenvalue weighted by Gasteiger charge is 2.21. The quantitative estimate of drug-likeness (QED) is 0.686. The Morgan fingerprint density at radius 3 is 2.64 bits per heavy atom. The standard InChI is InChI=1S/C12H26N2/c1-11-6-7-12(2)14(10-11)9-5-3-4-8-13/h11-12H,3-10,13H2,1-2H3. The molecule has 0 aromatic rings. The van der Waals surface area contributed by atoms with Crippen molar-refractivity contribution in [2.75, 3.05) is 19.6 Å². The first kappa shape index (κ1) is 12.0. The summed E-state index contributed by atoms with van der Waals surface area (Å²) in [4.78, 5) is 2.66. The van der Waals surface area contributed by atoms with E-state index >= 15 is 0 Å². The van der Waals surface area contributed by atoms with E-state index < -0.39 is 0 Å². The Bertz CT molecular complexity index is 147. The van der Waals surface area contributed by atoms with Crippen molar-refractivity contribution in [2.24, 2.45) is 11.7 Å². The largest absolute Gasteiger partial charge is 0.330 e. The molecule has 1 heterocycles. The predicted molar refractivity (Wildman–Crippen MR) is 62.3 cm³/mol. The number of piperidine rings is 1. The molecule has 2 atom stereocenters. The minimum absolute atomic E-state index is 0.809. The van der Waals surface area contributed by atoms with E-state index in [1.165, 1.54) is 45.2 Å². The highest BCUT2D eigenvalue weighted by molar-refractivity contribution is 4.76. The van der Waals surface area contributed by atoms with E-state index in [-0.39, 0.29) is 0 Å². The van der Waals surface area contributed by atoms with Crippen molar-refractivity contribution in [3.05, 3.63) is 0 Å². The third-order valence-corrected chi connectivity index (χ3v) is 3.40. The van der Waals surface area contributed by atoms with Crippen molar-refractivity contribution in [2.45, 2.75) is 52.0 Å². The summed E-state index contributed by atoms with van der Waals surface area (Å²) in [6.45, 7) is 8.19. The fourth-order valence-corrected chi connectivity index (χ4v) is 2.33. The number of unbranched alkanes of at least 4 members (excludes halogenated alkanes) is 2. The number of likely N-dealkylation sites (tertiary alicyclic amines) is 1. The fourth-order valence-electron chi connectivity index (χ4n) is 2.33. The minimum Gasteiger partial charge on any atom is -0.330 e. The van der Waals surface area contributed by atoms with E-state index in [0.717, 1.165) is 18.5 Å². The third-order valence-electron chi connectivity index (χ3n) is 3.40. The molecule has 0 aromatic carbocycles. The molecule has 1 aliphatic rings. The highest BCUT2D eigenvalue weighted by Crippen LogP contribution is 2.21. The van der Waals surface area contributed by atoms with Gasteiger partial charge in [-0.1, -0.05) is 13.3 Å². The Balaban J connectivity index is 2.14. The molecular weight excluding hydrogens is 172 g/mol. The van der Waals surface area contributed by atoms with Crippen LogP contribution in [-0.2, 0) is 0 Å². The van der Waals surface area contributed by atoms with Crippen LogP contribution in [0.3, 0.4) is 0 Å². The van der Waals surface area contributed by atoms with Crippen molar-refractivity contribution >= 4 is 0 Å². The van der Waals surface area contributed by atoms with Crippen LogP contribution >= 0.6 is 0 Å². The first-order valence-corrected chi connectivity index (χ1v) is 6.18. The Labute approximate surface area is 88.8 Å². The van der Waals surface area contributed by atoms with Crippen molar-refractivity contribution < 1.29 is 0 Å². The summed E-state index contributed by atoms with van der Waals surface area (Å²) in [5.74, 6) is 0.903. The van der Waals surface area contributed by atoms with Gasteiger partial charge in [0.15, 0.2) is 0 Å². The second-order valence-corrected chi connectivity index (χ2v) is 4.88. The van der Waals surface area contributed by atoms with Gasteiger partial charge >= 0.3 is 0 Å². The predicted octanol–water partition coefficient (Wildman–Crippen LogP) is 2.24. The number of hydrogen-bond acceptors (Lipinski definition) is 2. The molecule has 2 N–H and O–H groups in total. The van der Waals surface area contributed by atoms with Crippen LogP contribution in [0.5, 0.6) is 0 Å². The van der Waals surface area contributed by atoms with Crippen LogP contribution in [0.4, 0.5) is 0 Å². The van der Waals surface area contributed by atoms with Gasteiger partial charge < -0.3 is 10.6 Å². The molecule has 0 bridgehead atoms. The summed E-state index contributed by atoms with van der Waals surface area (Å²) in [6, 6.07) is 0.809. The lowest BCUT2D eigenvalue weighted by molar-refractivity contribution is 0.122. The smallest absolute Gasteiger partial charge is 0.00671 e. The maximum Gasteiger partial charge on any atom is 0.00671 e.